The van der Waals surface area contributed by atoms with E-state index in [1.54, 1.807) is 0 Å². The zero-order valence-electron chi connectivity index (χ0n) is 10.5. The molecule has 17 heavy (non-hydrogen) atoms. The fourth-order valence-electron chi connectivity index (χ4n) is 1.82. The molecular formula is C13H18IN3. The van der Waals surface area contributed by atoms with Gasteiger partial charge in [-0.1, -0.05) is 18.2 Å². The average molecular weight is 343 g/mol. The molecule has 0 aliphatic carbocycles. The number of hydrogen-bond donors (Lipinski definition) is 0. The number of benzene rings is 1. The molecule has 1 atom stereocenters. The summed E-state index contributed by atoms with van der Waals surface area (Å²) in [7, 11) is 4.24. The number of rotatable bonds is 4. The summed E-state index contributed by atoms with van der Waals surface area (Å²) in [6.07, 6.45) is 1.12. The molecule has 0 saturated heterocycles. The average Bonchev–Trinajstić information content (AvgIpc) is 2.64. The van der Waals surface area contributed by atoms with Crippen LogP contribution in [0.5, 0.6) is 0 Å². The van der Waals surface area contributed by atoms with Crippen molar-refractivity contribution in [3.05, 3.63) is 28.0 Å². The number of hydrogen-bond acceptors (Lipinski definition) is 2. The quantitative estimate of drug-likeness (QED) is 0.796. The van der Waals surface area contributed by atoms with Gasteiger partial charge in [-0.05, 0) is 56.1 Å². The number of para-hydroxylation sites is 1. The predicted octanol–water partition coefficient (Wildman–Crippen LogP) is 2.98. The summed E-state index contributed by atoms with van der Waals surface area (Å²) in [5.41, 5.74) is 1.24. The third-order valence-electron chi connectivity index (χ3n) is 3.25. The maximum atomic E-state index is 4.61. The van der Waals surface area contributed by atoms with Crippen LogP contribution in [0.3, 0.4) is 0 Å². The minimum atomic E-state index is 0.579. The molecule has 3 nitrogen and oxygen atoms in total. The van der Waals surface area contributed by atoms with E-state index in [1.807, 2.05) is 0 Å². The molecule has 1 aromatic heterocycles. The van der Waals surface area contributed by atoms with E-state index >= 15 is 0 Å². The summed E-state index contributed by atoms with van der Waals surface area (Å²) in [6.45, 7) is 3.22. The summed E-state index contributed by atoms with van der Waals surface area (Å²) in [5, 5.41) is 5.86. The molecule has 2 rings (SSSR count). The lowest BCUT2D eigenvalue weighted by atomic mass is 10.2. The molecular weight excluding hydrogens is 325 g/mol. The van der Waals surface area contributed by atoms with Crippen molar-refractivity contribution in [1.29, 1.82) is 0 Å². The molecule has 0 radical (unpaired) electrons. The molecule has 1 heterocycles. The van der Waals surface area contributed by atoms with Crippen molar-refractivity contribution in [3.8, 4) is 0 Å². The van der Waals surface area contributed by atoms with E-state index in [0.29, 0.717) is 6.04 Å². The topological polar surface area (TPSA) is 21.1 Å². The summed E-state index contributed by atoms with van der Waals surface area (Å²) in [4.78, 5) is 2.25. The van der Waals surface area contributed by atoms with Gasteiger partial charge >= 0.3 is 0 Å². The minimum absolute atomic E-state index is 0.579. The van der Waals surface area contributed by atoms with Gasteiger partial charge in [-0.15, -0.1) is 0 Å². The molecule has 0 N–H and O–H groups in total. The van der Waals surface area contributed by atoms with Crippen molar-refractivity contribution in [1.82, 2.24) is 14.7 Å². The Morgan fingerprint density at radius 1 is 1.35 bits per heavy atom. The minimum Gasteiger partial charge on any atom is -0.307 e. The van der Waals surface area contributed by atoms with Gasteiger partial charge in [0.05, 0.1) is 5.52 Å². The Morgan fingerprint density at radius 3 is 2.76 bits per heavy atom. The van der Waals surface area contributed by atoms with E-state index in [2.05, 4.69) is 82.6 Å². The number of fused-ring (bicyclic) bond motifs is 1. The van der Waals surface area contributed by atoms with Crippen LogP contribution in [0, 0.1) is 3.70 Å². The lowest BCUT2D eigenvalue weighted by Crippen LogP contribution is -2.26. The highest BCUT2D eigenvalue weighted by molar-refractivity contribution is 14.1. The molecule has 0 spiro atoms. The van der Waals surface area contributed by atoms with Gasteiger partial charge in [-0.25, -0.2) is 0 Å². The molecule has 1 aromatic carbocycles. The van der Waals surface area contributed by atoms with Crippen LogP contribution in [-0.2, 0) is 6.54 Å². The zero-order valence-corrected chi connectivity index (χ0v) is 12.7. The van der Waals surface area contributed by atoms with Crippen molar-refractivity contribution >= 4 is 33.5 Å². The Hall–Kier alpha value is -0.620. The molecule has 1 unspecified atom stereocenters. The largest absolute Gasteiger partial charge is 0.307 e. The molecule has 0 bridgehead atoms. The Morgan fingerprint density at radius 2 is 2.06 bits per heavy atom. The summed E-state index contributed by atoms with van der Waals surface area (Å²) < 4.78 is 3.22. The molecule has 0 fully saturated rings. The van der Waals surface area contributed by atoms with Gasteiger partial charge in [0, 0.05) is 18.0 Å². The molecule has 0 aliphatic rings. The van der Waals surface area contributed by atoms with Gasteiger partial charge < -0.3 is 4.90 Å². The van der Waals surface area contributed by atoms with Gasteiger partial charge in [0.1, 0.15) is 3.70 Å². The third-order valence-corrected chi connectivity index (χ3v) is 4.05. The second-order valence-corrected chi connectivity index (χ2v) is 5.65. The highest BCUT2D eigenvalue weighted by Crippen LogP contribution is 2.20. The first-order chi connectivity index (χ1) is 8.09. The van der Waals surface area contributed by atoms with Crippen LogP contribution in [-0.4, -0.2) is 34.8 Å². The Labute approximate surface area is 116 Å². The third kappa shape index (κ3) is 2.80. The van der Waals surface area contributed by atoms with Crippen molar-refractivity contribution in [2.75, 3.05) is 14.1 Å². The van der Waals surface area contributed by atoms with Crippen LogP contribution in [0.15, 0.2) is 24.3 Å². The van der Waals surface area contributed by atoms with Crippen LogP contribution in [0.1, 0.15) is 13.3 Å². The lowest BCUT2D eigenvalue weighted by molar-refractivity contribution is 0.286. The number of aryl methyl sites for hydroxylation is 1. The Balaban J connectivity index is 2.19. The second-order valence-electron chi connectivity index (χ2n) is 4.63. The standard InChI is InChI=1S/C13H18IN3/c1-10(16(2)3)8-9-17-12-7-5-4-6-11(12)13(14)15-17/h4-7,10H,8-9H2,1-3H3. The normalized spacial score (nSPS) is 13.5. The van der Waals surface area contributed by atoms with Gasteiger partial charge in [-0.2, -0.15) is 5.10 Å². The van der Waals surface area contributed by atoms with E-state index in [-0.39, 0.29) is 0 Å². The highest BCUT2D eigenvalue weighted by Gasteiger charge is 2.09. The van der Waals surface area contributed by atoms with Crippen LogP contribution in [0.2, 0.25) is 0 Å². The van der Waals surface area contributed by atoms with Crippen molar-refractivity contribution in [2.24, 2.45) is 0 Å². The summed E-state index contributed by atoms with van der Waals surface area (Å²) in [5.74, 6) is 0. The zero-order chi connectivity index (χ0) is 12.4. The molecule has 4 heteroatoms. The number of aromatic nitrogens is 2. The second kappa shape index (κ2) is 5.35. The lowest BCUT2D eigenvalue weighted by Gasteiger charge is -2.19. The van der Waals surface area contributed by atoms with E-state index in [4.69, 9.17) is 0 Å². The fourth-order valence-corrected chi connectivity index (χ4v) is 2.54. The van der Waals surface area contributed by atoms with E-state index in [0.717, 1.165) is 16.7 Å². The van der Waals surface area contributed by atoms with Crippen molar-refractivity contribution in [3.63, 3.8) is 0 Å². The molecule has 0 amide bonds. The van der Waals surface area contributed by atoms with Crippen molar-refractivity contribution in [2.45, 2.75) is 25.9 Å². The predicted molar refractivity (Wildman–Crippen MR) is 80.2 cm³/mol. The van der Waals surface area contributed by atoms with Gasteiger partial charge in [0.2, 0.25) is 0 Å². The molecule has 0 saturated carbocycles. The van der Waals surface area contributed by atoms with E-state index in [9.17, 15) is 0 Å². The molecule has 2 aromatic rings. The first-order valence-corrected chi connectivity index (χ1v) is 6.95. The Kier molecular flexibility index (Phi) is 4.04. The summed E-state index contributed by atoms with van der Waals surface area (Å²) in [6, 6.07) is 9.00. The first kappa shape index (κ1) is 12.8. The van der Waals surface area contributed by atoms with Gasteiger partial charge in [0.15, 0.2) is 0 Å². The fraction of sp³-hybridized carbons (Fsp3) is 0.462. The van der Waals surface area contributed by atoms with E-state index in [1.165, 1.54) is 10.9 Å². The molecule has 0 aliphatic heterocycles. The monoisotopic (exact) mass is 343 g/mol. The van der Waals surface area contributed by atoms with Gasteiger partial charge in [0.25, 0.3) is 0 Å². The highest BCUT2D eigenvalue weighted by atomic mass is 127. The van der Waals surface area contributed by atoms with Crippen molar-refractivity contribution < 1.29 is 0 Å². The number of nitrogens with zero attached hydrogens (tertiary/aromatic N) is 3. The SMILES string of the molecule is CC(CCn1nc(I)c2ccccc21)N(C)C. The van der Waals surface area contributed by atoms with Gasteiger partial charge in [-0.3, -0.25) is 4.68 Å². The van der Waals surface area contributed by atoms with Crippen LogP contribution in [0.25, 0.3) is 10.9 Å². The number of halogens is 1. The summed E-state index contributed by atoms with van der Waals surface area (Å²) >= 11 is 2.31. The van der Waals surface area contributed by atoms with Crippen LogP contribution < -0.4 is 0 Å². The maximum Gasteiger partial charge on any atom is 0.131 e. The molecule has 92 valence electrons. The Bertz CT molecular complexity index is 504. The smallest absolute Gasteiger partial charge is 0.131 e. The van der Waals surface area contributed by atoms with Crippen LogP contribution >= 0.6 is 22.6 Å². The first-order valence-electron chi connectivity index (χ1n) is 5.87. The maximum absolute atomic E-state index is 4.61. The van der Waals surface area contributed by atoms with E-state index < -0.39 is 0 Å². The van der Waals surface area contributed by atoms with Crippen LogP contribution in [0.4, 0.5) is 0 Å².